The number of carbonyl (C=O) groups is 1. The van der Waals surface area contributed by atoms with E-state index >= 15 is 0 Å². The van der Waals surface area contributed by atoms with Crippen molar-refractivity contribution >= 4 is 17.6 Å². The number of amides is 1. The first-order chi connectivity index (χ1) is 17.7. The number of hydrogen-bond donors (Lipinski definition) is 1. The molecular weight excluding hydrogens is 452 g/mol. The molecule has 2 aliphatic heterocycles. The highest BCUT2D eigenvalue weighted by atomic mass is 16.2. The van der Waals surface area contributed by atoms with Gasteiger partial charge in [0.2, 0.25) is 11.9 Å². The Labute approximate surface area is 210 Å². The van der Waals surface area contributed by atoms with E-state index in [1.807, 2.05) is 33.8 Å². The Hall–Kier alpha value is -4.06. The minimum atomic E-state index is 0.0368. The van der Waals surface area contributed by atoms with E-state index in [4.69, 9.17) is 9.98 Å². The van der Waals surface area contributed by atoms with Crippen molar-refractivity contribution in [3.8, 4) is 11.9 Å². The molecule has 0 radical (unpaired) electrons. The van der Waals surface area contributed by atoms with Crippen LogP contribution in [0.3, 0.4) is 0 Å². The highest BCUT2D eigenvalue weighted by Gasteiger charge is 2.35. The zero-order valence-corrected chi connectivity index (χ0v) is 20.0. The van der Waals surface area contributed by atoms with Crippen LogP contribution >= 0.6 is 0 Å². The summed E-state index contributed by atoms with van der Waals surface area (Å²) in [4.78, 5) is 33.3. The monoisotopic (exact) mass is 480 g/mol. The third-order valence-corrected chi connectivity index (χ3v) is 7.10. The molecule has 3 unspecified atom stereocenters. The van der Waals surface area contributed by atoms with Crippen LogP contribution in [-0.2, 0) is 11.2 Å². The number of fused-ring (bicyclic) bond motifs is 1. The normalized spacial score (nSPS) is 24.7. The lowest BCUT2D eigenvalue weighted by molar-refractivity contribution is -0.133. The number of nitrogens with one attached hydrogen (secondary N) is 1. The van der Waals surface area contributed by atoms with E-state index in [0.29, 0.717) is 24.1 Å². The Kier molecular flexibility index (Phi) is 5.93. The predicted molar refractivity (Wildman–Crippen MR) is 136 cm³/mol. The van der Waals surface area contributed by atoms with Crippen molar-refractivity contribution < 1.29 is 4.79 Å². The Morgan fingerprint density at radius 2 is 2.06 bits per heavy atom. The number of allylic oxidation sites excluding steroid dienone is 3. The van der Waals surface area contributed by atoms with Gasteiger partial charge in [0.15, 0.2) is 5.82 Å². The predicted octanol–water partition coefficient (Wildman–Crippen LogP) is 3.01. The number of nitriles is 1. The molecule has 1 N–H and O–H groups in total. The summed E-state index contributed by atoms with van der Waals surface area (Å²) in [6.45, 7) is 1.50. The third-order valence-electron chi connectivity index (χ3n) is 7.10. The number of aromatic nitrogens is 4. The average molecular weight is 481 g/mol. The van der Waals surface area contributed by atoms with Gasteiger partial charge in [-0.1, -0.05) is 30.4 Å². The molecule has 0 bridgehead atoms. The van der Waals surface area contributed by atoms with Crippen molar-refractivity contribution in [3.63, 3.8) is 0 Å². The second kappa shape index (κ2) is 9.53. The summed E-state index contributed by atoms with van der Waals surface area (Å²) in [7, 11) is 0. The zero-order valence-electron chi connectivity index (χ0n) is 20.0. The summed E-state index contributed by atoms with van der Waals surface area (Å²) in [5, 5.41) is 12.9. The highest BCUT2D eigenvalue weighted by Crippen LogP contribution is 2.32. The van der Waals surface area contributed by atoms with Gasteiger partial charge in [-0.25, -0.2) is 9.97 Å². The van der Waals surface area contributed by atoms with Crippen LogP contribution < -0.4 is 5.32 Å². The Morgan fingerprint density at radius 1 is 1.17 bits per heavy atom. The van der Waals surface area contributed by atoms with E-state index in [-0.39, 0.29) is 36.2 Å². The first-order valence-electron chi connectivity index (χ1n) is 12.6. The van der Waals surface area contributed by atoms with E-state index in [2.05, 4.69) is 39.6 Å². The molecule has 1 saturated heterocycles. The van der Waals surface area contributed by atoms with Crippen LogP contribution in [0.1, 0.15) is 37.2 Å². The second-order valence-electron chi connectivity index (χ2n) is 9.74. The first-order valence-corrected chi connectivity index (χ1v) is 12.6. The van der Waals surface area contributed by atoms with Crippen LogP contribution in [-0.4, -0.2) is 61.2 Å². The van der Waals surface area contributed by atoms with Gasteiger partial charge in [0.1, 0.15) is 11.5 Å². The van der Waals surface area contributed by atoms with Crippen LogP contribution in [0.15, 0.2) is 59.9 Å². The molecule has 0 spiro atoms. The van der Waals surface area contributed by atoms with Gasteiger partial charge in [-0.15, -0.1) is 0 Å². The van der Waals surface area contributed by atoms with Crippen molar-refractivity contribution in [2.24, 2.45) is 16.8 Å². The quantitative estimate of drug-likeness (QED) is 0.680. The molecule has 9 heteroatoms. The smallest absolute Gasteiger partial charge is 0.225 e. The standard InChI is InChI=1S/C27H28N8O/c28-13-11-21-16-30-25(23-10-9-18-4-1-2-6-22(18)32-23)35(21)24-12-14-29-27(33-24)31-20-5-3-15-34(17-20)26(36)19-7-8-19/h1-2,4,6,9-10,12,14,16,18-20,22H,3,5,7-8,11,15,17H2,(H,29,31,33). The second-order valence-corrected chi connectivity index (χ2v) is 9.74. The van der Waals surface area contributed by atoms with Crippen molar-refractivity contribution in [3.05, 3.63) is 66.4 Å². The SMILES string of the molecule is N#CCc1cnc(C2=NC3C=CC=CC3C=C2)n1-c1ccnc(NC2CCCN(C(=O)C3CC3)C2)n1. The number of aliphatic imine (C=N–C) groups is 1. The number of anilines is 1. The molecule has 36 heavy (non-hydrogen) atoms. The maximum Gasteiger partial charge on any atom is 0.225 e. The lowest BCUT2D eigenvalue weighted by Crippen LogP contribution is -2.45. The Bertz CT molecular complexity index is 1330. The maximum atomic E-state index is 12.5. The molecule has 1 amide bonds. The number of carbonyl (C=O) groups excluding carboxylic acids is 1. The number of dihydropyridines is 1. The molecule has 2 aliphatic carbocycles. The number of hydrogen-bond acceptors (Lipinski definition) is 7. The molecule has 2 fully saturated rings. The van der Waals surface area contributed by atoms with Gasteiger partial charge in [0.25, 0.3) is 0 Å². The molecule has 0 aromatic carbocycles. The molecule has 182 valence electrons. The van der Waals surface area contributed by atoms with Crippen molar-refractivity contribution in [1.82, 2.24) is 24.4 Å². The van der Waals surface area contributed by atoms with Crippen LogP contribution in [0.4, 0.5) is 5.95 Å². The molecular formula is C27H28N8O. The fraction of sp³-hybridized carbons (Fsp3) is 0.407. The van der Waals surface area contributed by atoms with Crippen LogP contribution in [0.2, 0.25) is 0 Å². The molecule has 2 aromatic heterocycles. The van der Waals surface area contributed by atoms with E-state index in [9.17, 15) is 10.1 Å². The van der Waals surface area contributed by atoms with Crippen molar-refractivity contribution in [2.75, 3.05) is 18.4 Å². The minimum Gasteiger partial charge on any atom is -0.350 e. The number of likely N-dealkylation sites (tertiary alicyclic amines) is 1. The first kappa shape index (κ1) is 22.4. The largest absolute Gasteiger partial charge is 0.350 e. The fourth-order valence-electron chi connectivity index (χ4n) is 5.10. The van der Waals surface area contributed by atoms with Gasteiger partial charge in [-0.05, 0) is 37.8 Å². The van der Waals surface area contributed by atoms with Crippen molar-refractivity contribution in [2.45, 2.75) is 44.2 Å². The third kappa shape index (κ3) is 4.47. The summed E-state index contributed by atoms with van der Waals surface area (Å²) in [5.74, 6) is 2.55. The van der Waals surface area contributed by atoms with Crippen molar-refractivity contribution in [1.29, 1.82) is 5.26 Å². The Balaban J connectivity index is 1.27. The van der Waals surface area contributed by atoms with Gasteiger partial charge >= 0.3 is 0 Å². The summed E-state index contributed by atoms with van der Waals surface area (Å²) < 4.78 is 1.89. The van der Waals surface area contributed by atoms with E-state index in [1.165, 1.54) is 0 Å². The minimum absolute atomic E-state index is 0.0368. The molecule has 1 saturated carbocycles. The molecule has 4 heterocycles. The summed E-state index contributed by atoms with van der Waals surface area (Å²) in [6, 6.07) is 4.19. The van der Waals surface area contributed by atoms with Gasteiger partial charge in [-0.2, -0.15) is 10.2 Å². The maximum absolute atomic E-state index is 12.5. The van der Waals surface area contributed by atoms with Gasteiger partial charge in [0.05, 0.1) is 30.4 Å². The fourth-order valence-corrected chi connectivity index (χ4v) is 5.10. The van der Waals surface area contributed by atoms with Crippen LogP contribution in [0, 0.1) is 23.2 Å². The number of rotatable bonds is 6. The lowest BCUT2D eigenvalue weighted by Gasteiger charge is -2.33. The highest BCUT2D eigenvalue weighted by molar-refractivity contribution is 6.07. The Morgan fingerprint density at radius 3 is 2.92 bits per heavy atom. The summed E-state index contributed by atoms with van der Waals surface area (Å²) in [6.07, 6.45) is 20.0. The van der Waals surface area contributed by atoms with E-state index in [0.717, 1.165) is 43.6 Å². The van der Waals surface area contributed by atoms with Crippen LogP contribution in [0.25, 0.3) is 5.82 Å². The zero-order chi connectivity index (χ0) is 24.5. The van der Waals surface area contributed by atoms with E-state index < -0.39 is 0 Å². The average Bonchev–Trinajstić information content (AvgIpc) is 3.68. The molecule has 9 nitrogen and oxygen atoms in total. The number of nitrogens with zero attached hydrogens (tertiary/aromatic N) is 7. The number of piperidine rings is 1. The lowest BCUT2D eigenvalue weighted by atomic mass is 9.92. The molecule has 3 atom stereocenters. The summed E-state index contributed by atoms with van der Waals surface area (Å²) in [5.41, 5.74) is 1.50. The topological polar surface area (TPSA) is 112 Å². The summed E-state index contributed by atoms with van der Waals surface area (Å²) >= 11 is 0. The molecule has 4 aliphatic rings. The van der Waals surface area contributed by atoms with Gasteiger partial charge in [0, 0.05) is 37.2 Å². The van der Waals surface area contributed by atoms with Gasteiger partial charge in [-0.3, -0.25) is 14.4 Å². The van der Waals surface area contributed by atoms with Crippen LogP contribution in [0.5, 0.6) is 0 Å². The molecule has 6 rings (SSSR count). The number of imidazole rings is 1. The molecule has 2 aromatic rings. The van der Waals surface area contributed by atoms with E-state index in [1.54, 1.807) is 12.4 Å². The van der Waals surface area contributed by atoms with Gasteiger partial charge < -0.3 is 10.2 Å².